The van der Waals surface area contributed by atoms with Gasteiger partial charge in [0, 0.05) is 19.6 Å². The van der Waals surface area contributed by atoms with Gasteiger partial charge in [-0.1, -0.05) is 24.3 Å². The number of thiophene rings is 1. The number of nitrogens with one attached hydrogen (secondary N) is 2. The molecule has 8 heteroatoms. The predicted octanol–water partition coefficient (Wildman–Crippen LogP) is 4.02. The Labute approximate surface area is 174 Å². The first-order chi connectivity index (χ1) is 12.2. The minimum atomic E-state index is -0.0484. The molecule has 0 spiro atoms. The summed E-state index contributed by atoms with van der Waals surface area (Å²) in [4.78, 5) is 17.7. The zero-order chi connectivity index (χ0) is 17.2. The van der Waals surface area contributed by atoms with Crippen molar-refractivity contribution in [1.82, 2.24) is 15.6 Å². The largest absolute Gasteiger partial charge is 0.440 e. The number of oxazole rings is 1. The summed E-state index contributed by atoms with van der Waals surface area (Å²) in [6.07, 6.45) is 0.229. The van der Waals surface area contributed by atoms with Gasteiger partial charge in [0.1, 0.15) is 5.76 Å². The van der Waals surface area contributed by atoms with E-state index in [0.29, 0.717) is 23.9 Å². The maximum Gasteiger partial charge on any atom is 0.236 e. The standard InChI is InChI=1S/C19H19N3O2S.2ClH/c1-12-16(22-19(24-12)17-3-2-6-25-17)8-18(23)21-9-13-4-5-14-10-20-11-15(14)7-13;;/h2-7,20H,8-11H2,1H3,(H,21,23);2*1H. The summed E-state index contributed by atoms with van der Waals surface area (Å²) in [7, 11) is 0. The van der Waals surface area contributed by atoms with Gasteiger partial charge < -0.3 is 15.1 Å². The number of aromatic nitrogens is 1. The number of benzene rings is 1. The molecule has 0 saturated carbocycles. The fraction of sp³-hybridized carbons (Fsp3) is 0.263. The average molecular weight is 426 g/mol. The molecule has 1 aliphatic rings. The molecule has 0 aliphatic carbocycles. The molecular weight excluding hydrogens is 405 g/mol. The Kier molecular flexibility index (Phi) is 7.44. The summed E-state index contributed by atoms with van der Waals surface area (Å²) in [5.74, 6) is 1.23. The number of amides is 1. The number of rotatable bonds is 5. The maximum absolute atomic E-state index is 12.3. The van der Waals surface area contributed by atoms with Crippen molar-refractivity contribution < 1.29 is 9.21 Å². The van der Waals surface area contributed by atoms with Gasteiger partial charge in [-0.2, -0.15) is 0 Å². The van der Waals surface area contributed by atoms with Gasteiger partial charge in [0.05, 0.1) is 17.0 Å². The first kappa shape index (κ1) is 21.4. The molecule has 1 aromatic carbocycles. The molecule has 0 radical (unpaired) electrons. The van der Waals surface area contributed by atoms with Gasteiger partial charge in [-0.15, -0.1) is 36.2 Å². The zero-order valence-electron chi connectivity index (χ0n) is 14.8. The third kappa shape index (κ3) is 4.90. The van der Waals surface area contributed by atoms with E-state index in [9.17, 15) is 4.79 Å². The molecule has 1 aliphatic heterocycles. The maximum atomic E-state index is 12.3. The van der Waals surface area contributed by atoms with Crippen molar-refractivity contribution in [2.75, 3.05) is 0 Å². The molecule has 0 saturated heterocycles. The summed E-state index contributed by atoms with van der Waals surface area (Å²) in [6, 6.07) is 10.3. The highest BCUT2D eigenvalue weighted by molar-refractivity contribution is 7.13. The molecule has 2 aromatic heterocycles. The zero-order valence-corrected chi connectivity index (χ0v) is 17.2. The lowest BCUT2D eigenvalue weighted by Gasteiger charge is -2.06. The van der Waals surface area contributed by atoms with Crippen LogP contribution in [-0.4, -0.2) is 10.9 Å². The fourth-order valence-corrected chi connectivity index (χ4v) is 3.62. The molecule has 3 heterocycles. The van der Waals surface area contributed by atoms with Crippen molar-refractivity contribution in [1.29, 1.82) is 0 Å². The molecule has 0 bridgehead atoms. The normalized spacial score (nSPS) is 12.0. The van der Waals surface area contributed by atoms with Gasteiger partial charge in [-0.05, 0) is 35.1 Å². The molecular formula is C19H21Cl2N3O2S. The summed E-state index contributed by atoms with van der Waals surface area (Å²) >= 11 is 1.57. The van der Waals surface area contributed by atoms with Gasteiger partial charge >= 0.3 is 0 Å². The molecule has 0 unspecified atom stereocenters. The van der Waals surface area contributed by atoms with Crippen LogP contribution >= 0.6 is 36.2 Å². The fourth-order valence-electron chi connectivity index (χ4n) is 2.97. The summed E-state index contributed by atoms with van der Waals surface area (Å²) in [5, 5.41) is 8.28. The molecule has 0 fully saturated rings. The van der Waals surface area contributed by atoms with Crippen LogP contribution in [0.25, 0.3) is 10.8 Å². The van der Waals surface area contributed by atoms with E-state index in [-0.39, 0.29) is 37.1 Å². The third-order valence-corrected chi connectivity index (χ3v) is 5.20. The first-order valence-electron chi connectivity index (χ1n) is 8.27. The smallest absolute Gasteiger partial charge is 0.236 e. The highest BCUT2D eigenvalue weighted by atomic mass is 35.5. The number of carbonyl (C=O) groups is 1. The third-order valence-electron chi connectivity index (χ3n) is 4.34. The lowest BCUT2D eigenvalue weighted by atomic mass is 10.1. The lowest BCUT2D eigenvalue weighted by molar-refractivity contribution is -0.120. The van der Waals surface area contributed by atoms with E-state index in [4.69, 9.17) is 4.42 Å². The number of nitrogens with zero attached hydrogens (tertiary/aromatic N) is 1. The second-order valence-corrected chi connectivity index (χ2v) is 7.11. The summed E-state index contributed by atoms with van der Waals surface area (Å²) in [5.41, 5.74) is 4.47. The Morgan fingerprint density at radius 1 is 1.26 bits per heavy atom. The molecule has 2 N–H and O–H groups in total. The van der Waals surface area contributed by atoms with E-state index < -0.39 is 0 Å². The van der Waals surface area contributed by atoms with Gasteiger partial charge in [0.25, 0.3) is 0 Å². The molecule has 0 atom stereocenters. The first-order valence-corrected chi connectivity index (χ1v) is 9.15. The molecule has 3 aromatic rings. The van der Waals surface area contributed by atoms with Crippen LogP contribution in [0.4, 0.5) is 0 Å². The number of hydrogen-bond donors (Lipinski definition) is 2. The topological polar surface area (TPSA) is 67.2 Å². The van der Waals surface area contributed by atoms with Gasteiger partial charge in [0.15, 0.2) is 0 Å². The van der Waals surface area contributed by atoms with Crippen LogP contribution < -0.4 is 10.6 Å². The number of fused-ring (bicyclic) bond motifs is 1. The predicted molar refractivity (Wildman–Crippen MR) is 112 cm³/mol. The van der Waals surface area contributed by atoms with Crippen molar-refractivity contribution in [3.05, 3.63) is 63.9 Å². The van der Waals surface area contributed by atoms with E-state index in [0.717, 1.165) is 23.5 Å². The Bertz CT molecular complexity index is 910. The van der Waals surface area contributed by atoms with Crippen LogP contribution in [0, 0.1) is 6.92 Å². The molecule has 27 heavy (non-hydrogen) atoms. The van der Waals surface area contributed by atoms with Crippen molar-refractivity contribution in [3.63, 3.8) is 0 Å². The van der Waals surface area contributed by atoms with Gasteiger partial charge in [-0.25, -0.2) is 4.98 Å². The number of aryl methyl sites for hydroxylation is 1. The van der Waals surface area contributed by atoms with E-state index >= 15 is 0 Å². The average Bonchev–Trinajstić information content (AvgIpc) is 3.34. The second kappa shape index (κ2) is 9.37. The van der Waals surface area contributed by atoms with E-state index in [1.54, 1.807) is 11.3 Å². The Morgan fingerprint density at radius 2 is 2.07 bits per heavy atom. The quantitative estimate of drug-likeness (QED) is 0.647. The Morgan fingerprint density at radius 3 is 2.85 bits per heavy atom. The molecule has 5 nitrogen and oxygen atoms in total. The van der Waals surface area contributed by atoms with Gasteiger partial charge in [-0.3, -0.25) is 4.79 Å². The monoisotopic (exact) mass is 425 g/mol. The summed E-state index contributed by atoms with van der Waals surface area (Å²) < 4.78 is 5.69. The second-order valence-electron chi connectivity index (χ2n) is 6.16. The molecule has 144 valence electrons. The minimum absolute atomic E-state index is 0. The van der Waals surface area contributed by atoms with Crippen LogP contribution in [0.3, 0.4) is 0 Å². The van der Waals surface area contributed by atoms with Crippen molar-refractivity contribution >= 4 is 42.1 Å². The summed E-state index contributed by atoms with van der Waals surface area (Å²) in [6.45, 7) is 4.21. The van der Waals surface area contributed by atoms with Crippen LogP contribution in [0.15, 0.2) is 40.1 Å². The van der Waals surface area contributed by atoms with Gasteiger partial charge in [0.2, 0.25) is 11.8 Å². The van der Waals surface area contributed by atoms with E-state index in [1.165, 1.54) is 11.1 Å². The SMILES string of the molecule is Cc1oc(-c2cccs2)nc1CC(=O)NCc1ccc2c(c1)CNC2.Cl.Cl. The van der Waals surface area contributed by atoms with Crippen LogP contribution in [-0.2, 0) is 30.8 Å². The van der Waals surface area contributed by atoms with Crippen LogP contribution in [0.1, 0.15) is 28.1 Å². The number of halogens is 2. The highest BCUT2D eigenvalue weighted by Gasteiger charge is 2.15. The minimum Gasteiger partial charge on any atom is -0.440 e. The Hall–Kier alpha value is -1.86. The molecule has 1 amide bonds. The highest BCUT2D eigenvalue weighted by Crippen LogP contribution is 2.26. The lowest BCUT2D eigenvalue weighted by Crippen LogP contribution is -2.25. The Balaban J connectivity index is 0.00000131. The van der Waals surface area contributed by atoms with Crippen LogP contribution in [0.2, 0.25) is 0 Å². The molecule has 4 rings (SSSR count). The van der Waals surface area contributed by atoms with E-state index in [1.807, 2.05) is 24.4 Å². The number of carbonyl (C=O) groups excluding carboxylic acids is 1. The number of hydrogen-bond acceptors (Lipinski definition) is 5. The van der Waals surface area contributed by atoms with Crippen molar-refractivity contribution in [2.45, 2.75) is 33.0 Å². The van der Waals surface area contributed by atoms with Crippen LogP contribution in [0.5, 0.6) is 0 Å². The van der Waals surface area contributed by atoms with E-state index in [2.05, 4.69) is 33.8 Å². The van der Waals surface area contributed by atoms with Crippen molar-refractivity contribution in [2.24, 2.45) is 0 Å². The van der Waals surface area contributed by atoms with Crippen molar-refractivity contribution in [3.8, 4) is 10.8 Å².